The van der Waals surface area contributed by atoms with E-state index in [2.05, 4.69) is 21.2 Å². The molecule has 0 bridgehead atoms. The Morgan fingerprint density at radius 3 is 2.59 bits per heavy atom. The van der Waals surface area contributed by atoms with Gasteiger partial charge < -0.3 is 15.5 Å². The zero-order valence-electron chi connectivity index (χ0n) is 9.11. The first kappa shape index (κ1) is 13.7. The predicted molar refractivity (Wildman–Crippen MR) is 64.9 cm³/mol. The number of carbonyl (C=O) groups excluding carboxylic acids is 1. The average molecular weight is 302 g/mol. The first-order chi connectivity index (χ1) is 7.95. The minimum Gasteiger partial charge on any atom is -0.480 e. The van der Waals surface area contributed by atoms with E-state index in [0.29, 0.717) is 5.56 Å². The fourth-order valence-corrected chi connectivity index (χ4v) is 1.54. The number of hydrogen-bond acceptors (Lipinski definition) is 3. The van der Waals surface area contributed by atoms with Gasteiger partial charge in [0.05, 0.1) is 6.61 Å². The monoisotopic (exact) mass is 301 g/mol. The van der Waals surface area contributed by atoms with Crippen molar-refractivity contribution in [3.05, 3.63) is 33.8 Å². The van der Waals surface area contributed by atoms with Crippen molar-refractivity contribution in [3.63, 3.8) is 0 Å². The van der Waals surface area contributed by atoms with Crippen LogP contribution in [0, 0.1) is 6.92 Å². The molecule has 17 heavy (non-hydrogen) atoms. The van der Waals surface area contributed by atoms with Gasteiger partial charge in [-0.25, -0.2) is 4.79 Å². The summed E-state index contributed by atoms with van der Waals surface area (Å²) in [5.74, 6) is -1.81. The molecule has 5 nitrogen and oxygen atoms in total. The zero-order chi connectivity index (χ0) is 13.0. The van der Waals surface area contributed by atoms with Crippen molar-refractivity contribution in [2.75, 3.05) is 6.61 Å². The lowest BCUT2D eigenvalue weighted by atomic mass is 10.1. The molecule has 1 amide bonds. The van der Waals surface area contributed by atoms with Crippen LogP contribution in [-0.4, -0.2) is 34.7 Å². The molecule has 6 heteroatoms. The summed E-state index contributed by atoms with van der Waals surface area (Å²) in [6.07, 6.45) is 0. The molecule has 1 aromatic rings. The van der Waals surface area contributed by atoms with Crippen molar-refractivity contribution in [1.82, 2.24) is 5.32 Å². The Morgan fingerprint density at radius 1 is 1.47 bits per heavy atom. The van der Waals surface area contributed by atoms with Crippen LogP contribution < -0.4 is 5.32 Å². The highest BCUT2D eigenvalue weighted by molar-refractivity contribution is 9.10. The maximum Gasteiger partial charge on any atom is 0.328 e. The average Bonchev–Trinajstić information content (AvgIpc) is 2.28. The SMILES string of the molecule is Cc1ccc(C(=O)N[C@@H](CO)C(=O)O)cc1Br. The van der Waals surface area contributed by atoms with Crippen LogP contribution in [0.3, 0.4) is 0 Å². The topological polar surface area (TPSA) is 86.6 Å². The fraction of sp³-hybridized carbons (Fsp3) is 0.273. The summed E-state index contributed by atoms with van der Waals surface area (Å²) in [6.45, 7) is 1.23. The number of carboxylic acids is 1. The number of aliphatic hydroxyl groups excluding tert-OH is 1. The van der Waals surface area contributed by atoms with E-state index in [1.165, 1.54) is 0 Å². The van der Waals surface area contributed by atoms with Crippen LogP contribution in [0.15, 0.2) is 22.7 Å². The maximum atomic E-state index is 11.7. The molecule has 0 aliphatic rings. The zero-order valence-corrected chi connectivity index (χ0v) is 10.7. The van der Waals surface area contributed by atoms with Crippen LogP contribution in [0.4, 0.5) is 0 Å². The second-order valence-electron chi connectivity index (χ2n) is 3.51. The Bertz CT molecular complexity index is 447. The van der Waals surface area contributed by atoms with Crippen LogP contribution in [-0.2, 0) is 4.79 Å². The number of nitrogens with one attached hydrogen (secondary N) is 1. The van der Waals surface area contributed by atoms with Crippen LogP contribution in [0.5, 0.6) is 0 Å². The molecule has 1 aromatic carbocycles. The first-order valence-corrected chi connectivity index (χ1v) is 5.65. The van der Waals surface area contributed by atoms with Crippen molar-refractivity contribution in [2.45, 2.75) is 13.0 Å². The number of hydrogen-bond donors (Lipinski definition) is 3. The van der Waals surface area contributed by atoms with E-state index in [4.69, 9.17) is 10.2 Å². The molecule has 92 valence electrons. The molecule has 0 spiro atoms. The smallest absolute Gasteiger partial charge is 0.328 e. The molecule has 0 saturated carbocycles. The normalized spacial score (nSPS) is 11.9. The second-order valence-corrected chi connectivity index (χ2v) is 4.37. The Morgan fingerprint density at radius 2 is 2.12 bits per heavy atom. The molecule has 1 rings (SSSR count). The van der Waals surface area contributed by atoms with Gasteiger partial charge in [0, 0.05) is 10.0 Å². The molecule has 0 aliphatic carbocycles. The van der Waals surface area contributed by atoms with Crippen LogP contribution in [0.1, 0.15) is 15.9 Å². The fourth-order valence-electron chi connectivity index (χ4n) is 1.16. The highest BCUT2D eigenvalue weighted by Gasteiger charge is 2.19. The summed E-state index contributed by atoms with van der Waals surface area (Å²) < 4.78 is 0.765. The van der Waals surface area contributed by atoms with Crippen molar-refractivity contribution < 1.29 is 19.8 Å². The van der Waals surface area contributed by atoms with Gasteiger partial charge in [-0.05, 0) is 24.6 Å². The van der Waals surface area contributed by atoms with Gasteiger partial charge in [0.25, 0.3) is 5.91 Å². The number of aliphatic hydroxyl groups is 1. The lowest BCUT2D eigenvalue weighted by Gasteiger charge is -2.12. The van der Waals surface area contributed by atoms with Gasteiger partial charge in [-0.1, -0.05) is 22.0 Å². The van der Waals surface area contributed by atoms with Crippen LogP contribution in [0.2, 0.25) is 0 Å². The van der Waals surface area contributed by atoms with Crippen molar-refractivity contribution in [3.8, 4) is 0 Å². The molecular formula is C11H12BrNO4. The molecule has 0 aliphatic heterocycles. The highest BCUT2D eigenvalue weighted by Crippen LogP contribution is 2.17. The third-order valence-electron chi connectivity index (χ3n) is 2.22. The van der Waals surface area contributed by atoms with E-state index in [1.54, 1.807) is 18.2 Å². The van der Waals surface area contributed by atoms with Gasteiger partial charge in [0.1, 0.15) is 0 Å². The van der Waals surface area contributed by atoms with E-state index in [-0.39, 0.29) is 0 Å². The van der Waals surface area contributed by atoms with Crippen molar-refractivity contribution >= 4 is 27.8 Å². The summed E-state index contributed by atoms with van der Waals surface area (Å²) in [4.78, 5) is 22.3. The number of aryl methyl sites for hydroxylation is 1. The Labute approximate surface area is 107 Å². The Kier molecular flexibility index (Phi) is 4.65. The van der Waals surface area contributed by atoms with Gasteiger partial charge in [0.2, 0.25) is 0 Å². The van der Waals surface area contributed by atoms with E-state index in [9.17, 15) is 9.59 Å². The van der Waals surface area contributed by atoms with Gasteiger partial charge in [-0.2, -0.15) is 0 Å². The molecule has 0 heterocycles. The molecule has 0 aromatic heterocycles. The first-order valence-electron chi connectivity index (χ1n) is 4.86. The molecule has 0 radical (unpaired) electrons. The third-order valence-corrected chi connectivity index (χ3v) is 3.07. The number of amides is 1. The molecule has 3 N–H and O–H groups in total. The molecule has 1 atom stereocenters. The van der Waals surface area contributed by atoms with Crippen LogP contribution >= 0.6 is 15.9 Å². The van der Waals surface area contributed by atoms with Gasteiger partial charge >= 0.3 is 5.97 Å². The van der Waals surface area contributed by atoms with Gasteiger partial charge in [-0.15, -0.1) is 0 Å². The summed E-state index contributed by atoms with van der Waals surface area (Å²) >= 11 is 3.28. The van der Waals surface area contributed by atoms with E-state index >= 15 is 0 Å². The van der Waals surface area contributed by atoms with Gasteiger partial charge in [-0.3, -0.25) is 4.79 Å². The van der Waals surface area contributed by atoms with Gasteiger partial charge in [0.15, 0.2) is 6.04 Å². The number of rotatable bonds is 4. The third kappa shape index (κ3) is 3.54. The largest absolute Gasteiger partial charge is 0.480 e. The lowest BCUT2D eigenvalue weighted by Crippen LogP contribution is -2.43. The minimum absolute atomic E-state index is 0.335. The number of carboxylic acid groups (broad SMARTS) is 1. The van der Waals surface area contributed by atoms with Crippen LogP contribution in [0.25, 0.3) is 0 Å². The summed E-state index contributed by atoms with van der Waals surface area (Å²) in [7, 11) is 0. The summed E-state index contributed by atoms with van der Waals surface area (Å²) in [5.41, 5.74) is 1.31. The quantitative estimate of drug-likeness (QED) is 0.772. The van der Waals surface area contributed by atoms with E-state index < -0.39 is 24.5 Å². The molecule has 0 fully saturated rings. The summed E-state index contributed by atoms with van der Waals surface area (Å²) in [5, 5.41) is 19.7. The second kappa shape index (κ2) is 5.79. The number of aliphatic carboxylic acids is 1. The Hall–Kier alpha value is -1.40. The van der Waals surface area contributed by atoms with E-state index in [1.807, 2.05) is 6.92 Å². The number of carbonyl (C=O) groups is 2. The lowest BCUT2D eigenvalue weighted by molar-refractivity contribution is -0.140. The maximum absolute atomic E-state index is 11.7. The number of halogens is 1. The molecular weight excluding hydrogens is 290 g/mol. The van der Waals surface area contributed by atoms with Crippen molar-refractivity contribution in [1.29, 1.82) is 0 Å². The highest BCUT2D eigenvalue weighted by atomic mass is 79.9. The predicted octanol–water partition coefficient (Wildman–Crippen LogP) is 0.933. The minimum atomic E-state index is -1.29. The number of benzene rings is 1. The van der Waals surface area contributed by atoms with Crippen molar-refractivity contribution in [2.24, 2.45) is 0 Å². The Balaban J connectivity index is 2.82. The molecule has 0 saturated heterocycles. The standard InChI is InChI=1S/C11H12BrNO4/c1-6-2-3-7(4-8(6)12)10(15)13-9(5-14)11(16)17/h2-4,9,14H,5H2,1H3,(H,13,15)(H,16,17)/t9-/m0/s1. The summed E-state index contributed by atoms with van der Waals surface area (Å²) in [6, 6.07) is 3.64. The van der Waals surface area contributed by atoms with E-state index in [0.717, 1.165) is 10.0 Å². The molecule has 0 unspecified atom stereocenters.